The highest BCUT2D eigenvalue weighted by atomic mass is 16.8. The summed E-state index contributed by atoms with van der Waals surface area (Å²) in [5.74, 6) is -8.05. The van der Waals surface area contributed by atoms with E-state index in [1.165, 1.54) is 0 Å². The molecule has 93 heavy (non-hydrogen) atoms. The van der Waals surface area contributed by atoms with Gasteiger partial charge in [0.1, 0.15) is 165 Å². The molecule has 42 nitrogen and oxygen atoms in total. The Morgan fingerprint density at radius 2 is 0.871 bits per heavy atom. The molecule has 7 aliphatic rings. The van der Waals surface area contributed by atoms with Gasteiger partial charge in [-0.15, -0.1) is 0 Å². The van der Waals surface area contributed by atoms with Gasteiger partial charge >= 0.3 is 5.97 Å². The van der Waals surface area contributed by atoms with Crippen LogP contribution in [0.25, 0.3) is 0 Å². The van der Waals surface area contributed by atoms with Crippen LogP contribution in [0.3, 0.4) is 0 Å². The van der Waals surface area contributed by atoms with Crippen molar-refractivity contribution in [3.8, 4) is 0 Å². The van der Waals surface area contributed by atoms with Crippen LogP contribution in [-0.4, -0.2) is 403 Å². The largest absolute Gasteiger partial charge is 0.477 e. The van der Waals surface area contributed by atoms with E-state index in [0.717, 1.165) is 20.8 Å². The normalized spacial score (nSPS) is 47.2. The van der Waals surface area contributed by atoms with Gasteiger partial charge in [0.05, 0.1) is 58.4 Å². The highest BCUT2D eigenvalue weighted by Gasteiger charge is 2.60. The van der Waals surface area contributed by atoms with E-state index in [-0.39, 0.29) is 0 Å². The third-order valence-electron chi connectivity index (χ3n) is 16.7. The molecular formula is C51H85N3O39. The molecule has 7 saturated heterocycles. The fourth-order valence-corrected chi connectivity index (χ4v) is 11.7. The quantitative estimate of drug-likeness (QED) is 0.0404. The van der Waals surface area contributed by atoms with Gasteiger partial charge in [-0.2, -0.15) is 0 Å². The maximum Gasteiger partial charge on any atom is 0.364 e. The first-order chi connectivity index (χ1) is 43.8. The maximum absolute atomic E-state index is 13.3. The van der Waals surface area contributed by atoms with Crippen LogP contribution in [0.2, 0.25) is 0 Å². The standard InChI is InChI=1S/C51H85N3O39/c1-12(60)52-23-15(63)4-51(50(79)80,93-42(23)26(65)16(64)5-55)82-11-22-29(68)41(91-48-37(76)33(72)28(67)18(7-57)85-48)25(54-14(3)62)46(87-22)92-43-30(69)21(88-49(38(43)77)90-40-19(8-58)83-44(78)35(74)34(40)73)10-81-45-24(53-13(2)61)31(70)39(20(9-59)86-45)89-47-36(75)32(71)27(66)17(6-56)84-47/h15-49,55-59,63-78H,4-11H2,1-3H3,(H,52,60)(H,53,61)(H,54,62)(H,79,80)/t15-,16+,17+,18+,19+,20+,21+,22+,23+,24+,25+,26+,27-,28-,29+,30-,31+,32-,33-,34+,35+,36+,37+,38+,39+,40+,41+,42+,43-,44?,45+,46-,47-,48-,49-,51+/m0/s1. The Morgan fingerprint density at radius 3 is 1.39 bits per heavy atom. The number of hydrogen-bond donors (Lipinski definition) is 25. The number of amides is 3. The van der Waals surface area contributed by atoms with E-state index in [4.69, 9.17) is 61.6 Å². The molecule has 36 atom stereocenters. The number of hydrogen-bond acceptors (Lipinski definition) is 38. The number of carboxylic acid groups (broad SMARTS) is 1. The average Bonchev–Trinajstić information content (AvgIpc) is 0.797. The first-order valence-electron chi connectivity index (χ1n) is 29.2. The van der Waals surface area contributed by atoms with Crippen LogP contribution in [0.15, 0.2) is 0 Å². The van der Waals surface area contributed by atoms with Crippen LogP contribution >= 0.6 is 0 Å². The Labute approximate surface area is 525 Å². The number of aliphatic carboxylic acids is 1. The number of carbonyl (C=O) groups excluding carboxylic acids is 3. The van der Waals surface area contributed by atoms with Crippen molar-refractivity contribution < 1.29 is 193 Å². The third kappa shape index (κ3) is 17.0. The molecule has 25 N–H and O–H groups in total. The Bertz CT molecular complexity index is 2410. The van der Waals surface area contributed by atoms with Crippen LogP contribution in [0.5, 0.6) is 0 Å². The second kappa shape index (κ2) is 32.9. The summed E-state index contributed by atoms with van der Waals surface area (Å²) in [6.07, 6.45) is -68.1. The molecule has 0 aromatic carbocycles. The number of aliphatic hydroxyl groups is 21. The minimum Gasteiger partial charge on any atom is -0.477 e. The molecule has 0 aromatic heterocycles. The van der Waals surface area contributed by atoms with Crippen LogP contribution in [-0.2, 0) is 80.8 Å². The Kier molecular flexibility index (Phi) is 27.2. The van der Waals surface area contributed by atoms with Crippen molar-refractivity contribution >= 4 is 23.7 Å². The molecule has 3 amide bonds. The van der Waals surface area contributed by atoms with Gasteiger partial charge in [-0.25, -0.2) is 4.79 Å². The summed E-state index contributed by atoms with van der Waals surface area (Å²) >= 11 is 0. The molecule has 0 spiro atoms. The van der Waals surface area contributed by atoms with Crippen molar-refractivity contribution in [3.63, 3.8) is 0 Å². The lowest BCUT2D eigenvalue weighted by atomic mass is 9.88. The Morgan fingerprint density at radius 1 is 0.441 bits per heavy atom. The van der Waals surface area contributed by atoms with Crippen LogP contribution in [0.4, 0.5) is 0 Å². The number of rotatable bonds is 25. The van der Waals surface area contributed by atoms with E-state index in [1.807, 2.05) is 0 Å². The van der Waals surface area contributed by atoms with Crippen molar-refractivity contribution in [1.82, 2.24) is 16.0 Å². The van der Waals surface area contributed by atoms with Gasteiger partial charge in [-0.3, -0.25) is 14.4 Å². The second-order valence-corrected chi connectivity index (χ2v) is 23.3. The lowest BCUT2D eigenvalue weighted by molar-refractivity contribution is -0.386. The van der Waals surface area contributed by atoms with E-state index in [2.05, 4.69) is 16.0 Å². The lowest BCUT2D eigenvalue weighted by Gasteiger charge is -2.51. The summed E-state index contributed by atoms with van der Waals surface area (Å²) in [7, 11) is 0. The molecule has 7 rings (SSSR count). The predicted molar refractivity (Wildman–Crippen MR) is 284 cm³/mol. The van der Waals surface area contributed by atoms with E-state index < -0.39 is 297 Å². The van der Waals surface area contributed by atoms with Crippen molar-refractivity contribution in [2.75, 3.05) is 46.2 Å². The van der Waals surface area contributed by atoms with Crippen LogP contribution in [0.1, 0.15) is 27.2 Å². The molecule has 0 aliphatic carbocycles. The molecular weight excluding hydrogens is 1280 g/mol. The molecule has 0 bridgehead atoms. The topological polar surface area (TPSA) is 669 Å². The van der Waals surface area contributed by atoms with Gasteiger partial charge in [-0.1, -0.05) is 0 Å². The van der Waals surface area contributed by atoms with Crippen molar-refractivity contribution in [3.05, 3.63) is 0 Å². The molecule has 0 saturated carbocycles. The van der Waals surface area contributed by atoms with Gasteiger partial charge in [0.25, 0.3) is 5.79 Å². The summed E-state index contributed by atoms with van der Waals surface area (Å²) < 4.78 is 75.4. The first-order valence-corrected chi connectivity index (χ1v) is 29.2. The number of carboxylic acids is 1. The zero-order chi connectivity index (χ0) is 69.0. The van der Waals surface area contributed by atoms with Gasteiger partial charge < -0.3 is 190 Å². The summed E-state index contributed by atoms with van der Waals surface area (Å²) in [5, 5.41) is 245. The highest BCUT2D eigenvalue weighted by Crippen LogP contribution is 2.39. The van der Waals surface area contributed by atoms with Gasteiger partial charge in [-0.05, 0) is 0 Å². The summed E-state index contributed by atoms with van der Waals surface area (Å²) in [5.41, 5.74) is 0. The van der Waals surface area contributed by atoms with E-state index in [9.17, 15) is 132 Å². The van der Waals surface area contributed by atoms with Crippen LogP contribution in [0, 0.1) is 0 Å². The van der Waals surface area contributed by atoms with Gasteiger partial charge in [0.15, 0.2) is 37.7 Å². The van der Waals surface area contributed by atoms with Crippen molar-refractivity contribution in [2.24, 2.45) is 0 Å². The second-order valence-electron chi connectivity index (χ2n) is 23.3. The molecule has 1 unspecified atom stereocenters. The molecule has 7 fully saturated rings. The minimum absolute atomic E-state index is 0.861. The molecule has 42 heteroatoms. The SMILES string of the molecule is CC(=O)N[C@H]1[C@H](OC[C@H]2O[C@@H](O[C@H]3[C@H](O)[C@@H](O)C(O)O[C@@H]3CO)[C@H](O)[C@@H](O[C@@H]3O[C@H](CO[C@]4(C(=O)O)C[C@H](O)[C@@H](NC(C)=O)[C@H]([C@H](O)[C@H](O)CO)O4)[C@@H](O)[C@H](O[C@@H]4O[C@H](CO)[C@H](O)[C@H](O)[C@H]4O)[C@H]3NC(C)=O)[C@H]2O)O[C@H](CO)[C@@H](O[C@@H]2O[C@H](CO)[C@H](O)[C@H](O)[C@H]2O)[C@@H]1O. The summed E-state index contributed by atoms with van der Waals surface area (Å²) in [6.45, 7) is -4.84. The van der Waals surface area contributed by atoms with Crippen LogP contribution < -0.4 is 16.0 Å². The van der Waals surface area contributed by atoms with E-state index in [0.29, 0.717) is 0 Å². The third-order valence-corrected chi connectivity index (χ3v) is 16.7. The summed E-state index contributed by atoms with van der Waals surface area (Å²) in [4.78, 5) is 51.4. The van der Waals surface area contributed by atoms with Crippen molar-refractivity contribution in [1.29, 1.82) is 0 Å². The fraction of sp³-hybridized carbons (Fsp3) is 0.922. The molecule has 7 heterocycles. The van der Waals surface area contributed by atoms with Gasteiger partial charge in [0, 0.05) is 27.2 Å². The molecule has 0 aromatic rings. The number of nitrogens with one attached hydrogen (secondary N) is 3. The van der Waals surface area contributed by atoms with Crippen molar-refractivity contribution in [2.45, 2.75) is 248 Å². The minimum atomic E-state index is -3.18. The predicted octanol–water partition coefficient (Wildman–Crippen LogP) is -16.6. The maximum atomic E-state index is 13.3. The fourth-order valence-electron chi connectivity index (χ4n) is 11.7. The van der Waals surface area contributed by atoms with E-state index >= 15 is 0 Å². The van der Waals surface area contributed by atoms with E-state index in [1.54, 1.807) is 0 Å². The zero-order valence-corrected chi connectivity index (χ0v) is 49.6. The Balaban J connectivity index is 1.26. The zero-order valence-electron chi connectivity index (χ0n) is 49.6. The monoisotopic (exact) mass is 1360 g/mol. The number of ether oxygens (including phenoxy) is 13. The highest BCUT2D eigenvalue weighted by molar-refractivity contribution is 5.77. The molecule has 538 valence electrons. The Hall–Kier alpha value is -3.48. The molecule has 7 aliphatic heterocycles. The smallest absolute Gasteiger partial charge is 0.364 e. The summed E-state index contributed by atoms with van der Waals surface area (Å²) in [6, 6.07) is -5.58. The lowest BCUT2D eigenvalue weighted by Crippen LogP contribution is -2.71. The first kappa shape index (κ1) is 76.9. The van der Waals surface area contributed by atoms with Gasteiger partial charge in [0.2, 0.25) is 17.7 Å². The number of aliphatic hydroxyl groups excluding tert-OH is 21. The number of carbonyl (C=O) groups is 4. The molecule has 0 radical (unpaired) electrons. The average molecular weight is 1360 g/mol.